The van der Waals surface area contributed by atoms with Crippen molar-refractivity contribution >= 4 is 0 Å². The second-order valence-electron chi connectivity index (χ2n) is 3.40. The number of halogens is 2. The Bertz CT molecular complexity index is 299. The van der Waals surface area contributed by atoms with Crippen LogP contribution in [0.5, 0.6) is 0 Å². The second kappa shape index (κ2) is 5.05. The number of hydrogen-bond acceptors (Lipinski definition) is 1. The van der Waals surface area contributed by atoms with E-state index in [1.807, 2.05) is 13.8 Å². The molecule has 0 aliphatic rings. The fourth-order valence-corrected chi connectivity index (χ4v) is 1.11. The Hall–Kier alpha value is -0.960. The van der Waals surface area contributed by atoms with Crippen LogP contribution in [0.3, 0.4) is 0 Å². The maximum absolute atomic E-state index is 13.1. The van der Waals surface area contributed by atoms with E-state index in [0.717, 1.165) is 12.5 Å². The molecular formula is C11H15F2N. The lowest BCUT2D eigenvalue weighted by Gasteiger charge is -2.11. The molecule has 1 nitrogen and oxygen atoms in total. The van der Waals surface area contributed by atoms with Gasteiger partial charge in [-0.25, -0.2) is 8.78 Å². The first-order valence-electron chi connectivity index (χ1n) is 4.81. The predicted molar refractivity (Wildman–Crippen MR) is 53.0 cm³/mol. The minimum atomic E-state index is -0.784. The van der Waals surface area contributed by atoms with Crippen LogP contribution in [0.15, 0.2) is 18.2 Å². The molecule has 0 unspecified atom stereocenters. The Kier molecular flexibility index (Phi) is 4.01. The van der Waals surface area contributed by atoms with Crippen LogP contribution in [0, 0.1) is 11.6 Å². The number of rotatable bonds is 4. The van der Waals surface area contributed by atoms with Crippen molar-refractivity contribution < 1.29 is 8.78 Å². The minimum Gasteiger partial charge on any atom is -0.310 e. The molecule has 3 heteroatoms. The molecule has 14 heavy (non-hydrogen) atoms. The Morgan fingerprint density at radius 2 is 2.07 bits per heavy atom. The summed E-state index contributed by atoms with van der Waals surface area (Å²) in [6, 6.07) is 4.56. The van der Waals surface area contributed by atoms with Gasteiger partial charge in [-0.05, 0) is 19.4 Å². The topological polar surface area (TPSA) is 12.0 Å². The van der Waals surface area contributed by atoms with E-state index in [9.17, 15) is 8.78 Å². The van der Waals surface area contributed by atoms with E-state index < -0.39 is 11.6 Å². The van der Waals surface area contributed by atoms with E-state index in [2.05, 4.69) is 5.32 Å². The summed E-state index contributed by atoms with van der Waals surface area (Å²) in [5.41, 5.74) is 0.380. The van der Waals surface area contributed by atoms with Crippen LogP contribution in [0.25, 0.3) is 0 Å². The molecule has 1 aromatic rings. The zero-order chi connectivity index (χ0) is 10.6. The Morgan fingerprint density at radius 1 is 1.36 bits per heavy atom. The summed E-state index contributed by atoms with van der Waals surface area (Å²) >= 11 is 0. The normalized spacial score (nSPS) is 12.9. The van der Waals surface area contributed by atoms with Crippen molar-refractivity contribution in [3.63, 3.8) is 0 Å². The average molecular weight is 199 g/mol. The van der Waals surface area contributed by atoms with Gasteiger partial charge in [0, 0.05) is 18.2 Å². The third-order valence-electron chi connectivity index (χ3n) is 2.28. The molecule has 0 radical (unpaired) electrons. The van der Waals surface area contributed by atoms with E-state index in [1.54, 1.807) is 6.07 Å². The van der Waals surface area contributed by atoms with Gasteiger partial charge in [0.25, 0.3) is 0 Å². The van der Waals surface area contributed by atoms with E-state index in [4.69, 9.17) is 0 Å². The predicted octanol–water partition coefficient (Wildman–Crippen LogP) is 2.85. The Labute approximate surface area is 83.1 Å². The monoisotopic (exact) mass is 199 g/mol. The van der Waals surface area contributed by atoms with Gasteiger partial charge in [0.15, 0.2) is 11.6 Å². The largest absolute Gasteiger partial charge is 0.310 e. The van der Waals surface area contributed by atoms with Crippen molar-refractivity contribution in [2.24, 2.45) is 0 Å². The SMILES string of the molecule is CC[C@H](C)NCc1cccc(F)c1F. The van der Waals surface area contributed by atoms with E-state index >= 15 is 0 Å². The van der Waals surface area contributed by atoms with Crippen molar-refractivity contribution in [3.8, 4) is 0 Å². The first-order valence-corrected chi connectivity index (χ1v) is 4.81. The molecule has 0 fully saturated rings. The van der Waals surface area contributed by atoms with Crippen LogP contribution in [-0.4, -0.2) is 6.04 Å². The van der Waals surface area contributed by atoms with Gasteiger partial charge in [-0.2, -0.15) is 0 Å². The summed E-state index contributed by atoms with van der Waals surface area (Å²) < 4.78 is 25.9. The van der Waals surface area contributed by atoms with Gasteiger partial charge in [-0.1, -0.05) is 19.1 Å². The molecule has 0 amide bonds. The maximum atomic E-state index is 13.1. The molecule has 0 spiro atoms. The van der Waals surface area contributed by atoms with Gasteiger partial charge in [0.2, 0.25) is 0 Å². The Balaban J connectivity index is 2.63. The summed E-state index contributed by atoms with van der Waals surface area (Å²) in [7, 11) is 0. The van der Waals surface area contributed by atoms with Crippen LogP contribution >= 0.6 is 0 Å². The molecule has 0 aliphatic carbocycles. The molecule has 0 saturated carbocycles. The number of nitrogens with one attached hydrogen (secondary N) is 1. The Morgan fingerprint density at radius 3 is 2.71 bits per heavy atom. The van der Waals surface area contributed by atoms with Crippen LogP contribution in [0.2, 0.25) is 0 Å². The molecule has 0 heterocycles. The molecule has 1 aromatic carbocycles. The highest BCUT2D eigenvalue weighted by molar-refractivity contribution is 5.18. The highest BCUT2D eigenvalue weighted by Gasteiger charge is 2.07. The molecule has 1 atom stereocenters. The molecule has 1 rings (SSSR count). The smallest absolute Gasteiger partial charge is 0.163 e. The minimum absolute atomic E-state index is 0.317. The summed E-state index contributed by atoms with van der Waals surface area (Å²) in [5.74, 6) is -1.53. The number of benzene rings is 1. The van der Waals surface area contributed by atoms with Crippen LogP contribution in [0.4, 0.5) is 8.78 Å². The highest BCUT2D eigenvalue weighted by atomic mass is 19.2. The second-order valence-corrected chi connectivity index (χ2v) is 3.40. The quantitative estimate of drug-likeness (QED) is 0.786. The average Bonchev–Trinajstić information content (AvgIpc) is 2.20. The fourth-order valence-electron chi connectivity index (χ4n) is 1.11. The van der Waals surface area contributed by atoms with Crippen molar-refractivity contribution in [1.82, 2.24) is 5.32 Å². The van der Waals surface area contributed by atoms with Gasteiger partial charge in [-0.15, -0.1) is 0 Å². The molecule has 78 valence electrons. The molecular weight excluding hydrogens is 184 g/mol. The van der Waals surface area contributed by atoms with Gasteiger partial charge < -0.3 is 5.32 Å². The van der Waals surface area contributed by atoms with E-state index in [1.165, 1.54) is 6.07 Å². The first kappa shape index (κ1) is 11.1. The standard InChI is InChI=1S/C11H15F2N/c1-3-8(2)14-7-9-5-4-6-10(12)11(9)13/h4-6,8,14H,3,7H2,1-2H3/t8-/m0/s1. The summed E-state index contributed by atoms with van der Waals surface area (Å²) in [6.07, 6.45) is 0.969. The van der Waals surface area contributed by atoms with Gasteiger partial charge in [0.1, 0.15) is 0 Å². The summed E-state index contributed by atoms with van der Waals surface area (Å²) in [4.78, 5) is 0. The van der Waals surface area contributed by atoms with Gasteiger partial charge in [-0.3, -0.25) is 0 Å². The van der Waals surface area contributed by atoms with Gasteiger partial charge >= 0.3 is 0 Å². The van der Waals surface area contributed by atoms with Crippen molar-refractivity contribution in [1.29, 1.82) is 0 Å². The fraction of sp³-hybridized carbons (Fsp3) is 0.455. The molecule has 0 aliphatic heterocycles. The zero-order valence-electron chi connectivity index (χ0n) is 8.48. The number of hydrogen-bond donors (Lipinski definition) is 1. The molecule has 0 saturated heterocycles. The van der Waals surface area contributed by atoms with Crippen LogP contribution < -0.4 is 5.32 Å². The summed E-state index contributed by atoms with van der Waals surface area (Å²) in [6.45, 7) is 4.43. The van der Waals surface area contributed by atoms with E-state index in [-0.39, 0.29) is 0 Å². The van der Waals surface area contributed by atoms with Crippen LogP contribution in [-0.2, 0) is 6.54 Å². The highest BCUT2D eigenvalue weighted by Crippen LogP contribution is 2.11. The van der Waals surface area contributed by atoms with Crippen molar-refractivity contribution in [2.45, 2.75) is 32.9 Å². The lowest BCUT2D eigenvalue weighted by Crippen LogP contribution is -2.25. The van der Waals surface area contributed by atoms with Crippen molar-refractivity contribution in [3.05, 3.63) is 35.4 Å². The third kappa shape index (κ3) is 2.77. The lowest BCUT2D eigenvalue weighted by molar-refractivity contribution is 0.478. The molecule has 0 aromatic heterocycles. The third-order valence-corrected chi connectivity index (χ3v) is 2.28. The van der Waals surface area contributed by atoms with Crippen LogP contribution in [0.1, 0.15) is 25.8 Å². The van der Waals surface area contributed by atoms with Gasteiger partial charge in [0.05, 0.1) is 0 Å². The lowest BCUT2D eigenvalue weighted by atomic mass is 10.2. The van der Waals surface area contributed by atoms with E-state index in [0.29, 0.717) is 18.2 Å². The zero-order valence-corrected chi connectivity index (χ0v) is 8.48. The molecule has 0 bridgehead atoms. The maximum Gasteiger partial charge on any atom is 0.163 e. The first-order chi connectivity index (χ1) is 6.65. The summed E-state index contributed by atoms with van der Waals surface area (Å²) in [5, 5.41) is 3.11. The molecule has 1 N–H and O–H groups in total. The van der Waals surface area contributed by atoms with Crippen molar-refractivity contribution in [2.75, 3.05) is 0 Å².